The van der Waals surface area contributed by atoms with Gasteiger partial charge in [0.2, 0.25) is 5.82 Å². The molecule has 8 heteroatoms. The Bertz CT molecular complexity index is 764. The van der Waals surface area contributed by atoms with Crippen molar-refractivity contribution in [3.8, 4) is 11.4 Å². The second-order valence-corrected chi connectivity index (χ2v) is 4.32. The molecule has 8 nitrogen and oxygen atoms in total. The maximum atomic E-state index is 11.7. The molecule has 0 aliphatic rings. The second kappa shape index (κ2) is 6.44. The molecule has 0 fully saturated rings. The number of rotatable bonds is 5. The van der Waals surface area contributed by atoms with Gasteiger partial charge in [0.05, 0.1) is 12.5 Å². The van der Waals surface area contributed by atoms with Crippen LogP contribution in [-0.4, -0.2) is 32.3 Å². The molecule has 1 N–H and O–H groups in total. The number of hydrogen-bond acceptors (Lipinski definition) is 6. The third-order valence-electron chi connectivity index (χ3n) is 2.69. The van der Waals surface area contributed by atoms with Crippen molar-refractivity contribution >= 4 is 12.1 Å². The molecule has 0 saturated heterocycles. The Labute approximate surface area is 125 Å². The maximum absolute atomic E-state index is 11.7. The van der Waals surface area contributed by atoms with Crippen molar-refractivity contribution < 1.29 is 9.21 Å². The van der Waals surface area contributed by atoms with Crippen molar-refractivity contribution in [3.63, 3.8) is 0 Å². The third kappa shape index (κ3) is 3.42. The van der Waals surface area contributed by atoms with Crippen LogP contribution >= 0.6 is 0 Å². The first-order valence-corrected chi connectivity index (χ1v) is 6.50. The van der Waals surface area contributed by atoms with Crippen LogP contribution in [0.15, 0.2) is 58.2 Å². The molecule has 1 amide bonds. The molecular formula is C14H12N6O2. The molecule has 0 atom stereocenters. The van der Waals surface area contributed by atoms with Gasteiger partial charge in [-0.25, -0.2) is 5.43 Å². The Morgan fingerprint density at radius 2 is 2.14 bits per heavy atom. The van der Waals surface area contributed by atoms with E-state index in [-0.39, 0.29) is 12.5 Å². The summed E-state index contributed by atoms with van der Waals surface area (Å²) in [6.45, 7) is -0.0741. The minimum Gasteiger partial charge on any atom is -0.463 e. The highest BCUT2D eigenvalue weighted by Crippen LogP contribution is 2.11. The molecule has 0 unspecified atom stereocenters. The molecule has 110 valence electrons. The monoisotopic (exact) mass is 296 g/mol. The Morgan fingerprint density at radius 3 is 2.91 bits per heavy atom. The van der Waals surface area contributed by atoms with E-state index in [1.165, 1.54) is 17.3 Å². The van der Waals surface area contributed by atoms with Gasteiger partial charge in [0.1, 0.15) is 12.3 Å². The summed E-state index contributed by atoms with van der Waals surface area (Å²) in [6, 6.07) is 12.9. The number of benzene rings is 1. The first kappa shape index (κ1) is 13.7. The van der Waals surface area contributed by atoms with Crippen molar-refractivity contribution in [2.24, 2.45) is 5.10 Å². The minimum atomic E-state index is -0.361. The molecule has 3 aromatic rings. The summed E-state index contributed by atoms with van der Waals surface area (Å²) in [7, 11) is 0. The highest BCUT2D eigenvalue weighted by Gasteiger charge is 2.08. The molecular weight excluding hydrogens is 284 g/mol. The van der Waals surface area contributed by atoms with E-state index >= 15 is 0 Å². The van der Waals surface area contributed by atoms with Crippen molar-refractivity contribution in [1.82, 2.24) is 25.6 Å². The average molecular weight is 296 g/mol. The Morgan fingerprint density at radius 1 is 1.27 bits per heavy atom. The summed E-state index contributed by atoms with van der Waals surface area (Å²) in [6.07, 6.45) is 2.93. The lowest BCUT2D eigenvalue weighted by molar-refractivity contribution is -0.122. The number of carbonyl (C=O) groups excluding carboxylic acids is 1. The lowest BCUT2D eigenvalue weighted by atomic mass is 10.2. The smallest absolute Gasteiger partial charge is 0.263 e. The van der Waals surface area contributed by atoms with Gasteiger partial charge >= 0.3 is 0 Å². The molecule has 2 aromatic heterocycles. The fraction of sp³-hybridized carbons (Fsp3) is 0.0714. The van der Waals surface area contributed by atoms with Gasteiger partial charge in [0, 0.05) is 5.56 Å². The summed E-state index contributed by atoms with van der Waals surface area (Å²) >= 11 is 0. The first-order chi connectivity index (χ1) is 10.8. The van der Waals surface area contributed by atoms with Gasteiger partial charge in [0.25, 0.3) is 5.91 Å². The van der Waals surface area contributed by atoms with Crippen LogP contribution in [0.4, 0.5) is 0 Å². The molecule has 0 aliphatic carbocycles. The third-order valence-corrected chi connectivity index (χ3v) is 2.69. The second-order valence-electron chi connectivity index (χ2n) is 4.32. The van der Waals surface area contributed by atoms with Crippen LogP contribution in [0.5, 0.6) is 0 Å². The summed E-state index contributed by atoms with van der Waals surface area (Å²) in [5, 5.41) is 15.7. The maximum Gasteiger partial charge on any atom is 0.263 e. The predicted molar refractivity (Wildman–Crippen MR) is 77.7 cm³/mol. The number of hydrogen-bond donors (Lipinski definition) is 1. The number of aromatic nitrogens is 4. The van der Waals surface area contributed by atoms with Crippen LogP contribution in [0.2, 0.25) is 0 Å². The van der Waals surface area contributed by atoms with Crippen molar-refractivity contribution in [2.45, 2.75) is 6.54 Å². The van der Waals surface area contributed by atoms with Crippen LogP contribution < -0.4 is 5.43 Å². The molecule has 2 heterocycles. The summed E-state index contributed by atoms with van der Waals surface area (Å²) in [5.74, 6) is 0.651. The van der Waals surface area contributed by atoms with Crippen LogP contribution in [0.1, 0.15) is 5.76 Å². The lowest BCUT2D eigenvalue weighted by Crippen LogP contribution is -2.24. The van der Waals surface area contributed by atoms with Crippen molar-refractivity contribution in [2.75, 3.05) is 0 Å². The largest absolute Gasteiger partial charge is 0.463 e. The Kier molecular flexibility index (Phi) is 4.01. The van der Waals surface area contributed by atoms with E-state index in [0.717, 1.165) is 5.56 Å². The number of nitrogens with zero attached hydrogens (tertiary/aromatic N) is 5. The van der Waals surface area contributed by atoms with Gasteiger partial charge in [-0.05, 0) is 17.3 Å². The molecule has 3 rings (SSSR count). The molecule has 0 radical (unpaired) electrons. The van der Waals surface area contributed by atoms with E-state index < -0.39 is 0 Å². The van der Waals surface area contributed by atoms with Crippen molar-refractivity contribution in [1.29, 1.82) is 0 Å². The van der Waals surface area contributed by atoms with Gasteiger partial charge in [-0.2, -0.15) is 9.90 Å². The van der Waals surface area contributed by atoms with Gasteiger partial charge in [-0.1, -0.05) is 30.3 Å². The van der Waals surface area contributed by atoms with Crippen molar-refractivity contribution in [3.05, 3.63) is 54.5 Å². The van der Waals surface area contributed by atoms with E-state index in [2.05, 4.69) is 25.9 Å². The average Bonchev–Trinajstić information content (AvgIpc) is 3.20. The van der Waals surface area contributed by atoms with Crippen LogP contribution in [0.25, 0.3) is 11.4 Å². The molecule has 22 heavy (non-hydrogen) atoms. The predicted octanol–water partition coefficient (Wildman–Crippen LogP) is 1.08. The van der Waals surface area contributed by atoms with Gasteiger partial charge in [0.15, 0.2) is 0 Å². The molecule has 1 aromatic carbocycles. The van der Waals surface area contributed by atoms with Gasteiger partial charge in [-0.15, -0.1) is 10.2 Å². The molecule has 0 aliphatic heterocycles. The number of hydrazone groups is 1. The zero-order valence-corrected chi connectivity index (χ0v) is 11.5. The number of carbonyl (C=O) groups is 1. The fourth-order valence-corrected chi connectivity index (χ4v) is 1.71. The fourth-order valence-electron chi connectivity index (χ4n) is 1.71. The molecule has 0 bridgehead atoms. The Balaban J connectivity index is 1.57. The normalized spacial score (nSPS) is 10.9. The summed E-state index contributed by atoms with van der Waals surface area (Å²) < 4.78 is 5.05. The first-order valence-electron chi connectivity index (χ1n) is 6.50. The quantitative estimate of drug-likeness (QED) is 0.561. The number of amides is 1. The van der Waals surface area contributed by atoms with Crippen LogP contribution in [0, 0.1) is 0 Å². The summed E-state index contributed by atoms with van der Waals surface area (Å²) in [4.78, 5) is 12.9. The highest BCUT2D eigenvalue weighted by atomic mass is 16.3. The van der Waals surface area contributed by atoms with E-state index in [9.17, 15) is 4.79 Å². The molecule has 0 saturated carbocycles. The van der Waals surface area contributed by atoms with Crippen LogP contribution in [0.3, 0.4) is 0 Å². The number of furan rings is 1. The SMILES string of the molecule is O=C(Cn1nnc(-c2ccccc2)n1)N/N=C/c1ccco1. The van der Waals surface area contributed by atoms with E-state index in [1.54, 1.807) is 12.1 Å². The van der Waals surface area contributed by atoms with E-state index in [1.807, 2.05) is 30.3 Å². The highest BCUT2D eigenvalue weighted by molar-refractivity contribution is 5.80. The summed E-state index contributed by atoms with van der Waals surface area (Å²) in [5.41, 5.74) is 3.20. The zero-order valence-electron chi connectivity index (χ0n) is 11.5. The minimum absolute atomic E-state index is 0.0741. The number of tetrazole rings is 1. The zero-order chi connectivity index (χ0) is 15.2. The van der Waals surface area contributed by atoms with Crippen LogP contribution in [-0.2, 0) is 11.3 Å². The van der Waals surface area contributed by atoms with E-state index in [0.29, 0.717) is 11.6 Å². The van der Waals surface area contributed by atoms with Gasteiger partial charge in [-0.3, -0.25) is 4.79 Å². The van der Waals surface area contributed by atoms with Gasteiger partial charge < -0.3 is 4.42 Å². The molecule has 0 spiro atoms. The van der Waals surface area contributed by atoms with E-state index in [4.69, 9.17) is 4.42 Å². The lowest BCUT2D eigenvalue weighted by Gasteiger charge is -1.97. The standard InChI is InChI=1S/C14H12N6O2/c21-13(16-15-9-12-7-4-8-22-12)10-20-18-14(17-19-20)11-5-2-1-3-6-11/h1-9H,10H2,(H,16,21)/b15-9+. The Hall–Kier alpha value is -3.29. The number of nitrogens with one attached hydrogen (secondary N) is 1. The topological polar surface area (TPSA) is 98.2 Å².